The number of halogens is 2. The van der Waals surface area contributed by atoms with Crippen LogP contribution >= 0.6 is 23.2 Å². The Morgan fingerprint density at radius 3 is 2.48 bits per heavy atom. The van der Waals surface area contributed by atoms with Gasteiger partial charge in [0.25, 0.3) is 10.0 Å². The van der Waals surface area contributed by atoms with Gasteiger partial charge in [-0.05, 0) is 36.2 Å². The molecule has 2 aromatic carbocycles. The van der Waals surface area contributed by atoms with Gasteiger partial charge in [0.1, 0.15) is 0 Å². The Kier molecular flexibility index (Phi) is 4.88. The quantitative estimate of drug-likeness (QED) is 0.681. The van der Waals surface area contributed by atoms with Crippen molar-refractivity contribution >= 4 is 39.4 Å². The zero-order chi connectivity index (χ0) is 15.5. The molecule has 0 aliphatic heterocycles. The predicted molar refractivity (Wildman–Crippen MR) is 85.6 cm³/mol. The molecule has 0 fully saturated rings. The fourth-order valence-electron chi connectivity index (χ4n) is 1.59. The molecule has 0 aromatic heterocycles. The summed E-state index contributed by atoms with van der Waals surface area (Å²) in [7, 11) is -3.77. The second kappa shape index (κ2) is 6.47. The Balaban J connectivity index is 2.18. The second-order valence-electron chi connectivity index (χ2n) is 4.29. The lowest BCUT2D eigenvalue weighted by molar-refractivity contribution is 0.584. The Bertz CT molecular complexity index is 789. The minimum atomic E-state index is -3.77. The molecule has 0 atom stereocenters. The van der Waals surface area contributed by atoms with Crippen molar-refractivity contribution in [1.29, 1.82) is 0 Å². The number of hydrogen-bond donors (Lipinski definition) is 1. The van der Waals surface area contributed by atoms with Crippen LogP contribution in [0.15, 0.2) is 52.5 Å². The molecule has 1 N–H and O–H groups in total. The molecule has 0 aliphatic rings. The van der Waals surface area contributed by atoms with Gasteiger partial charge >= 0.3 is 0 Å². The maximum atomic E-state index is 12.0. The van der Waals surface area contributed by atoms with Gasteiger partial charge < -0.3 is 0 Å². The minimum Gasteiger partial charge on any atom is -0.200 e. The van der Waals surface area contributed by atoms with Crippen molar-refractivity contribution < 1.29 is 8.42 Å². The number of hydrazone groups is 1. The molecule has 0 amide bonds. The summed E-state index contributed by atoms with van der Waals surface area (Å²) < 4.78 is 24.1. The van der Waals surface area contributed by atoms with Crippen LogP contribution in [0.3, 0.4) is 0 Å². The molecule has 0 saturated carbocycles. The van der Waals surface area contributed by atoms with Crippen molar-refractivity contribution in [2.45, 2.75) is 11.8 Å². The van der Waals surface area contributed by atoms with E-state index >= 15 is 0 Å². The molecule has 2 aromatic rings. The molecule has 110 valence electrons. The van der Waals surface area contributed by atoms with Gasteiger partial charge in [-0.15, -0.1) is 0 Å². The fourth-order valence-corrected chi connectivity index (χ4v) is 2.77. The van der Waals surface area contributed by atoms with E-state index in [1.165, 1.54) is 24.4 Å². The Morgan fingerprint density at radius 1 is 1.10 bits per heavy atom. The average molecular weight is 343 g/mol. The van der Waals surface area contributed by atoms with E-state index in [4.69, 9.17) is 23.2 Å². The lowest BCUT2D eigenvalue weighted by atomic mass is 10.1. The van der Waals surface area contributed by atoms with Gasteiger partial charge in [0, 0.05) is 0 Å². The van der Waals surface area contributed by atoms with Gasteiger partial charge in [-0.2, -0.15) is 13.5 Å². The summed E-state index contributed by atoms with van der Waals surface area (Å²) in [6.07, 6.45) is 1.45. The smallest absolute Gasteiger partial charge is 0.200 e. The summed E-state index contributed by atoms with van der Waals surface area (Å²) in [5.74, 6) is 0. The highest BCUT2D eigenvalue weighted by molar-refractivity contribution is 7.89. The molecular weight excluding hydrogens is 331 g/mol. The molecule has 0 bridgehead atoms. The van der Waals surface area contributed by atoms with Crippen molar-refractivity contribution in [1.82, 2.24) is 4.83 Å². The fraction of sp³-hybridized carbons (Fsp3) is 0.0714. The van der Waals surface area contributed by atoms with Crippen LogP contribution in [0.4, 0.5) is 0 Å². The first-order chi connectivity index (χ1) is 9.90. The van der Waals surface area contributed by atoms with Crippen LogP contribution in [-0.2, 0) is 10.0 Å². The number of aryl methyl sites for hydroxylation is 1. The van der Waals surface area contributed by atoms with Crippen LogP contribution in [0.1, 0.15) is 11.1 Å². The largest absolute Gasteiger partial charge is 0.276 e. The van der Waals surface area contributed by atoms with Crippen molar-refractivity contribution in [2.75, 3.05) is 0 Å². The summed E-state index contributed by atoms with van der Waals surface area (Å²) >= 11 is 11.6. The van der Waals surface area contributed by atoms with Crippen LogP contribution in [0, 0.1) is 6.92 Å². The predicted octanol–water partition coefficient (Wildman–Crippen LogP) is 3.61. The highest BCUT2D eigenvalue weighted by atomic mass is 35.5. The summed E-state index contributed by atoms with van der Waals surface area (Å²) in [6.45, 7) is 1.91. The molecule has 2 rings (SSSR count). The maximum absolute atomic E-state index is 12.0. The molecule has 0 radical (unpaired) electrons. The van der Waals surface area contributed by atoms with E-state index < -0.39 is 10.0 Å². The monoisotopic (exact) mass is 342 g/mol. The van der Waals surface area contributed by atoms with Gasteiger partial charge in [0.15, 0.2) is 0 Å². The number of hydrogen-bond acceptors (Lipinski definition) is 3. The van der Waals surface area contributed by atoms with Gasteiger partial charge in [-0.1, -0.05) is 47.5 Å². The molecule has 0 saturated heterocycles. The number of nitrogens with zero attached hydrogens (tertiary/aromatic N) is 1. The summed E-state index contributed by atoms with van der Waals surface area (Å²) in [6, 6.07) is 11.5. The van der Waals surface area contributed by atoms with E-state index in [0.717, 1.165) is 11.1 Å². The van der Waals surface area contributed by atoms with Crippen LogP contribution in [0.2, 0.25) is 10.0 Å². The standard InChI is InChI=1S/C14H12Cl2N2O2S/c1-10-4-2-3-5-11(10)9-17-18-21(19,20)12-6-7-13(15)14(16)8-12/h2-9,18H,1H3/b17-9+. The first kappa shape index (κ1) is 15.8. The lowest BCUT2D eigenvalue weighted by Gasteiger charge is -2.05. The number of rotatable bonds is 4. The average Bonchev–Trinajstić information content (AvgIpc) is 2.44. The highest BCUT2D eigenvalue weighted by Crippen LogP contribution is 2.24. The molecule has 21 heavy (non-hydrogen) atoms. The van der Waals surface area contributed by atoms with Crippen LogP contribution in [0.25, 0.3) is 0 Å². The third-order valence-corrected chi connectivity index (χ3v) is 4.73. The second-order valence-corrected chi connectivity index (χ2v) is 6.76. The van der Waals surface area contributed by atoms with E-state index in [2.05, 4.69) is 9.93 Å². The van der Waals surface area contributed by atoms with E-state index in [1.807, 2.05) is 31.2 Å². The third-order valence-electron chi connectivity index (χ3n) is 2.77. The zero-order valence-electron chi connectivity index (χ0n) is 11.0. The normalized spacial score (nSPS) is 11.8. The van der Waals surface area contributed by atoms with E-state index in [1.54, 1.807) is 0 Å². The third kappa shape index (κ3) is 3.97. The topological polar surface area (TPSA) is 58.5 Å². The number of benzene rings is 2. The highest BCUT2D eigenvalue weighted by Gasteiger charge is 2.14. The van der Waals surface area contributed by atoms with Gasteiger partial charge in [0.05, 0.1) is 21.2 Å². The molecule has 0 aliphatic carbocycles. The lowest BCUT2D eigenvalue weighted by Crippen LogP contribution is -2.18. The van der Waals surface area contributed by atoms with Gasteiger partial charge in [-0.3, -0.25) is 0 Å². The van der Waals surface area contributed by atoms with Crippen molar-refractivity contribution in [3.8, 4) is 0 Å². The Morgan fingerprint density at radius 2 is 1.81 bits per heavy atom. The SMILES string of the molecule is Cc1ccccc1/C=N/NS(=O)(=O)c1ccc(Cl)c(Cl)c1. The molecule has 4 nitrogen and oxygen atoms in total. The van der Waals surface area contributed by atoms with E-state index in [9.17, 15) is 8.42 Å². The van der Waals surface area contributed by atoms with Crippen LogP contribution < -0.4 is 4.83 Å². The molecular formula is C14H12Cl2N2O2S. The molecule has 0 heterocycles. The first-order valence-electron chi connectivity index (χ1n) is 5.96. The van der Waals surface area contributed by atoms with E-state index in [0.29, 0.717) is 5.02 Å². The molecule has 0 unspecified atom stereocenters. The van der Waals surface area contributed by atoms with Crippen molar-refractivity contribution in [3.05, 3.63) is 63.6 Å². The molecule has 0 spiro atoms. The first-order valence-corrected chi connectivity index (χ1v) is 8.19. The van der Waals surface area contributed by atoms with Crippen molar-refractivity contribution in [2.24, 2.45) is 5.10 Å². The minimum absolute atomic E-state index is 0.00108. The van der Waals surface area contributed by atoms with Crippen LogP contribution in [-0.4, -0.2) is 14.6 Å². The zero-order valence-corrected chi connectivity index (χ0v) is 13.4. The number of sulfonamides is 1. The van der Waals surface area contributed by atoms with Crippen molar-refractivity contribution in [3.63, 3.8) is 0 Å². The summed E-state index contributed by atoms with van der Waals surface area (Å²) in [4.78, 5) is 2.14. The summed E-state index contributed by atoms with van der Waals surface area (Å²) in [5.41, 5.74) is 1.82. The Hall–Kier alpha value is -1.56. The van der Waals surface area contributed by atoms with Gasteiger partial charge in [-0.25, -0.2) is 4.83 Å². The van der Waals surface area contributed by atoms with Crippen LogP contribution in [0.5, 0.6) is 0 Å². The molecule has 7 heteroatoms. The van der Waals surface area contributed by atoms with Gasteiger partial charge in [0.2, 0.25) is 0 Å². The number of nitrogens with one attached hydrogen (secondary N) is 1. The Labute approximate surface area is 133 Å². The van der Waals surface area contributed by atoms with E-state index in [-0.39, 0.29) is 9.92 Å². The maximum Gasteiger partial charge on any atom is 0.276 e. The summed E-state index contributed by atoms with van der Waals surface area (Å²) in [5, 5.41) is 4.22.